The van der Waals surface area contributed by atoms with Gasteiger partial charge in [0.25, 0.3) is 5.91 Å². The molecule has 2 heterocycles. The summed E-state index contributed by atoms with van der Waals surface area (Å²) in [6.45, 7) is 0.111. The Balaban J connectivity index is 1.75. The Morgan fingerprint density at radius 3 is 2.50 bits per heavy atom. The number of nitrogens with one attached hydrogen (secondary N) is 1. The zero-order valence-electron chi connectivity index (χ0n) is 14.5. The summed E-state index contributed by atoms with van der Waals surface area (Å²) in [5.41, 5.74) is -2.21. The highest BCUT2D eigenvalue weighted by molar-refractivity contribution is 6.30. The summed E-state index contributed by atoms with van der Waals surface area (Å²) in [6, 6.07) is 5.66. The molecule has 0 radical (unpaired) electrons. The minimum absolute atomic E-state index is 0.111. The number of nitrogens with zero attached hydrogens (tertiary/aromatic N) is 4. The van der Waals surface area contributed by atoms with Gasteiger partial charge in [-0.2, -0.15) is 28.5 Å². The first-order valence-corrected chi connectivity index (χ1v) is 8.70. The quantitative estimate of drug-likeness (QED) is 0.695. The largest absolute Gasteiger partial charge is 0.434 e. The molecule has 1 aliphatic rings. The summed E-state index contributed by atoms with van der Waals surface area (Å²) in [5, 5.41) is 14.4. The molecule has 0 bridgehead atoms. The van der Waals surface area contributed by atoms with Gasteiger partial charge in [-0.05, 0) is 24.3 Å². The minimum atomic E-state index is -4.78. The maximum absolute atomic E-state index is 13.6. The van der Waals surface area contributed by atoms with Gasteiger partial charge in [-0.15, -0.1) is 12.3 Å². The van der Waals surface area contributed by atoms with Gasteiger partial charge in [-0.1, -0.05) is 11.6 Å². The van der Waals surface area contributed by atoms with Gasteiger partial charge in [0.2, 0.25) is 0 Å². The van der Waals surface area contributed by atoms with Crippen molar-refractivity contribution >= 4 is 17.5 Å². The summed E-state index contributed by atoms with van der Waals surface area (Å²) < 4.78 is 41.5. The molecule has 0 atom stereocenters. The van der Waals surface area contributed by atoms with Crippen LogP contribution >= 0.6 is 11.6 Å². The first kappa shape index (κ1) is 19.9. The lowest BCUT2D eigenvalue weighted by Gasteiger charge is -2.13. The molecular weight excluding hydrogens is 395 g/mol. The standard InChI is InChI=1S/C18H15ClF3N5O/c1-2-3-8-17(25-26-17)9-10-23-16(28)14-11-24-27(15(14)18(20,21)22)13-6-4-12(19)5-7-13/h1,4-7,11H,3,8-10H2,(H,23,28). The Labute approximate surface area is 163 Å². The second-order valence-corrected chi connectivity index (χ2v) is 6.62. The number of halogens is 4. The smallest absolute Gasteiger partial charge is 0.352 e. The molecule has 0 unspecified atom stereocenters. The molecule has 6 nitrogen and oxygen atoms in total. The van der Waals surface area contributed by atoms with E-state index in [0.29, 0.717) is 29.0 Å². The molecule has 3 rings (SSSR count). The highest BCUT2D eigenvalue weighted by Gasteiger charge is 2.41. The lowest BCUT2D eigenvalue weighted by atomic mass is 10.0. The van der Waals surface area contributed by atoms with Crippen LogP contribution in [-0.4, -0.2) is 27.9 Å². The average Bonchev–Trinajstić information content (AvgIpc) is 3.25. The van der Waals surface area contributed by atoms with Crippen LogP contribution in [0.1, 0.15) is 35.3 Å². The number of benzene rings is 1. The summed E-state index contributed by atoms with van der Waals surface area (Å²) >= 11 is 5.77. The van der Waals surface area contributed by atoms with Crippen LogP contribution in [0.2, 0.25) is 5.02 Å². The number of aromatic nitrogens is 2. The summed E-state index contributed by atoms with van der Waals surface area (Å²) in [5.74, 6) is 1.61. The van der Waals surface area contributed by atoms with E-state index in [0.717, 1.165) is 6.20 Å². The zero-order chi connectivity index (χ0) is 20.4. The molecule has 2 aromatic rings. The number of alkyl halides is 3. The van der Waals surface area contributed by atoms with Crippen molar-refractivity contribution in [3.63, 3.8) is 0 Å². The molecule has 0 fully saturated rings. The number of hydrogen-bond acceptors (Lipinski definition) is 4. The van der Waals surface area contributed by atoms with E-state index in [2.05, 4.69) is 26.6 Å². The fourth-order valence-electron chi connectivity index (χ4n) is 2.70. The first-order chi connectivity index (χ1) is 13.3. The number of terminal acetylenes is 1. The lowest BCUT2D eigenvalue weighted by molar-refractivity contribution is -0.143. The second-order valence-electron chi connectivity index (χ2n) is 6.19. The van der Waals surface area contributed by atoms with E-state index in [4.69, 9.17) is 18.0 Å². The molecule has 1 aliphatic heterocycles. The monoisotopic (exact) mass is 409 g/mol. The Kier molecular flexibility index (Phi) is 5.42. The molecule has 0 spiro atoms. The van der Waals surface area contributed by atoms with Crippen LogP contribution in [0.5, 0.6) is 0 Å². The number of hydrogen-bond donors (Lipinski definition) is 1. The Bertz CT molecular complexity index is 938. The highest BCUT2D eigenvalue weighted by Crippen LogP contribution is 2.36. The average molecular weight is 410 g/mol. The van der Waals surface area contributed by atoms with Crippen LogP contribution < -0.4 is 5.32 Å². The van der Waals surface area contributed by atoms with E-state index in [1.807, 2.05) is 0 Å². The van der Waals surface area contributed by atoms with Gasteiger partial charge in [-0.3, -0.25) is 4.79 Å². The number of carbonyl (C=O) groups excluding carboxylic acids is 1. The maximum atomic E-state index is 13.6. The first-order valence-electron chi connectivity index (χ1n) is 8.33. The van der Waals surface area contributed by atoms with Crippen molar-refractivity contribution in [2.45, 2.75) is 31.1 Å². The van der Waals surface area contributed by atoms with E-state index in [9.17, 15) is 18.0 Å². The Morgan fingerprint density at radius 2 is 1.93 bits per heavy atom. The molecular formula is C18H15ClF3N5O. The van der Waals surface area contributed by atoms with Crippen molar-refractivity contribution in [2.75, 3.05) is 6.54 Å². The highest BCUT2D eigenvalue weighted by atomic mass is 35.5. The van der Waals surface area contributed by atoms with Gasteiger partial charge in [0.05, 0.1) is 17.4 Å². The van der Waals surface area contributed by atoms with Crippen LogP contribution in [0.4, 0.5) is 13.2 Å². The second kappa shape index (κ2) is 7.64. The van der Waals surface area contributed by atoms with Crippen molar-refractivity contribution in [3.8, 4) is 18.0 Å². The minimum Gasteiger partial charge on any atom is -0.352 e. The fraction of sp³-hybridized carbons (Fsp3) is 0.333. The van der Waals surface area contributed by atoms with Crippen molar-refractivity contribution in [1.29, 1.82) is 0 Å². The van der Waals surface area contributed by atoms with Gasteiger partial charge in [-0.25, -0.2) is 4.68 Å². The third kappa shape index (κ3) is 4.34. The molecule has 10 heteroatoms. The molecule has 1 N–H and O–H groups in total. The molecule has 0 saturated heterocycles. The van der Waals surface area contributed by atoms with E-state index >= 15 is 0 Å². The van der Waals surface area contributed by atoms with E-state index in [1.54, 1.807) is 0 Å². The van der Waals surface area contributed by atoms with Crippen LogP contribution in [0.15, 0.2) is 40.7 Å². The summed E-state index contributed by atoms with van der Waals surface area (Å²) in [4.78, 5) is 12.4. The van der Waals surface area contributed by atoms with E-state index in [-0.39, 0.29) is 12.2 Å². The van der Waals surface area contributed by atoms with Crippen molar-refractivity contribution < 1.29 is 18.0 Å². The van der Waals surface area contributed by atoms with E-state index < -0.39 is 29.0 Å². The van der Waals surface area contributed by atoms with Gasteiger partial charge in [0.15, 0.2) is 11.4 Å². The lowest BCUT2D eigenvalue weighted by Crippen LogP contribution is -2.30. The predicted octanol–water partition coefficient (Wildman–Crippen LogP) is 4.24. The fourth-order valence-corrected chi connectivity index (χ4v) is 2.83. The van der Waals surface area contributed by atoms with Gasteiger partial charge < -0.3 is 5.32 Å². The van der Waals surface area contributed by atoms with Crippen molar-refractivity contribution in [2.24, 2.45) is 10.2 Å². The predicted molar refractivity (Wildman–Crippen MR) is 96.2 cm³/mol. The molecule has 1 aromatic carbocycles. The molecule has 146 valence electrons. The Morgan fingerprint density at radius 1 is 1.25 bits per heavy atom. The van der Waals surface area contributed by atoms with Crippen LogP contribution in [0.25, 0.3) is 5.69 Å². The van der Waals surface area contributed by atoms with Crippen LogP contribution in [0.3, 0.4) is 0 Å². The Hall–Kier alpha value is -2.86. The molecule has 1 aromatic heterocycles. The normalized spacial score (nSPS) is 14.5. The van der Waals surface area contributed by atoms with Gasteiger partial charge >= 0.3 is 6.18 Å². The zero-order valence-corrected chi connectivity index (χ0v) is 15.3. The van der Waals surface area contributed by atoms with Crippen molar-refractivity contribution in [1.82, 2.24) is 15.1 Å². The topological polar surface area (TPSA) is 71.6 Å². The number of carbonyl (C=O) groups is 1. The van der Waals surface area contributed by atoms with Gasteiger partial charge in [0.1, 0.15) is 0 Å². The van der Waals surface area contributed by atoms with Crippen molar-refractivity contribution in [3.05, 3.63) is 46.7 Å². The molecule has 0 aliphatic carbocycles. The summed E-state index contributed by atoms with van der Waals surface area (Å²) in [6.07, 6.45) is 2.71. The van der Waals surface area contributed by atoms with Gasteiger partial charge in [0, 0.05) is 30.8 Å². The molecule has 28 heavy (non-hydrogen) atoms. The van der Waals surface area contributed by atoms with E-state index in [1.165, 1.54) is 24.3 Å². The maximum Gasteiger partial charge on any atom is 0.434 e. The number of rotatable bonds is 7. The van der Waals surface area contributed by atoms with Crippen LogP contribution in [0, 0.1) is 12.3 Å². The van der Waals surface area contributed by atoms with Crippen LogP contribution in [-0.2, 0) is 6.18 Å². The SMILES string of the molecule is C#CCCC1(CCNC(=O)c2cnn(-c3ccc(Cl)cc3)c2C(F)(F)F)N=N1. The molecule has 1 amide bonds. The third-order valence-electron chi connectivity index (χ3n) is 4.22. The number of amides is 1. The third-order valence-corrected chi connectivity index (χ3v) is 4.47. The molecule has 0 saturated carbocycles. The summed E-state index contributed by atoms with van der Waals surface area (Å²) in [7, 11) is 0.